The molecule has 0 aromatic carbocycles. The summed E-state index contributed by atoms with van der Waals surface area (Å²) in [6.45, 7) is 3.56. The summed E-state index contributed by atoms with van der Waals surface area (Å²) in [6.07, 6.45) is -0.556. The molecule has 66 valence electrons. The van der Waals surface area contributed by atoms with E-state index in [4.69, 9.17) is 5.73 Å². The van der Waals surface area contributed by atoms with Crippen molar-refractivity contribution in [2.24, 2.45) is 5.73 Å². The molecule has 0 saturated carbocycles. The standard InChI is InChI=1S/C9H14N2O/c1-6-4-3-5-8(11-6)9(10)7(2)12/h3-5,7,9,12H,10H2,1-2H3/t7-,9-/m0/s1. The lowest BCUT2D eigenvalue weighted by Crippen LogP contribution is -2.24. The molecule has 0 aliphatic rings. The van der Waals surface area contributed by atoms with Gasteiger partial charge in [0.25, 0.3) is 0 Å². The summed E-state index contributed by atoms with van der Waals surface area (Å²) < 4.78 is 0. The van der Waals surface area contributed by atoms with E-state index in [-0.39, 0.29) is 6.04 Å². The van der Waals surface area contributed by atoms with Gasteiger partial charge in [-0.3, -0.25) is 4.98 Å². The van der Waals surface area contributed by atoms with Crippen molar-refractivity contribution >= 4 is 0 Å². The van der Waals surface area contributed by atoms with Crippen LogP contribution in [0.4, 0.5) is 0 Å². The van der Waals surface area contributed by atoms with Gasteiger partial charge in [-0.05, 0) is 26.0 Å². The number of nitrogens with two attached hydrogens (primary N) is 1. The smallest absolute Gasteiger partial charge is 0.0731 e. The Morgan fingerprint density at radius 1 is 1.50 bits per heavy atom. The second-order valence-corrected chi connectivity index (χ2v) is 2.97. The lowest BCUT2D eigenvalue weighted by Gasteiger charge is -2.13. The first kappa shape index (κ1) is 9.16. The average molecular weight is 166 g/mol. The quantitative estimate of drug-likeness (QED) is 0.682. The Morgan fingerprint density at radius 2 is 2.17 bits per heavy atom. The summed E-state index contributed by atoms with van der Waals surface area (Å²) >= 11 is 0. The molecule has 3 nitrogen and oxygen atoms in total. The summed E-state index contributed by atoms with van der Waals surface area (Å²) in [5.74, 6) is 0. The van der Waals surface area contributed by atoms with Crippen LogP contribution >= 0.6 is 0 Å². The number of nitrogens with zero attached hydrogens (tertiary/aromatic N) is 1. The van der Waals surface area contributed by atoms with Crippen LogP contribution in [0.3, 0.4) is 0 Å². The molecule has 0 fully saturated rings. The van der Waals surface area contributed by atoms with Crippen molar-refractivity contribution in [3.63, 3.8) is 0 Å². The lowest BCUT2D eigenvalue weighted by molar-refractivity contribution is 0.162. The van der Waals surface area contributed by atoms with Crippen LogP contribution in [0, 0.1) is 6.92 Å². The van der Waals surface area contributed by atoms with Gasteiger partial charge in [-0.25, -0.2) is 0 Å². The van der Waals surface area contributed by atoms with Crippen molar-refractivity contribution in [2.45, 2.75) is 26.0 Å². The molecule has 12 heavy (non-hydrogen) atoms. The summed E-state index contributed by atoms with van der Waals surface area (Å²) in [4.78, 5) is 4.21. The Labute approximate surface area is 72.2 Å². The topological polar surface area (TPSA) is 59.1 Å². The van der Waals surface area contributed by atoms with Gasteiger partial charge >= 0.3 is 0 Å². The summed E-state index contributed by atoms with van der Waals surface area (Å²) in [5.41, 5.74) is 7.35. The number of hydrogen-bond acceptors (Lipinski definition) is 3. The highest BCUT2D eigenvalue weighted by Crippen LogP contribution is 2.11. The Balaban J connectivity index is 2.88. The molecule has 3 N–H and O–H groups in total. The maximum atomic E-state index is 9.20. The van der Waals surface area contributed by atoms with Crippen LogP contribution in [0.1, 0.15) is 24.4 Å². The minimum Gasteiger partial charge on any atom is -0.391 e. The number of aliphatic hydroxyl groups excluding tert-OH is 1. The fourth-order valence-electron chi connectivity index (χ4n) is 0.997. The molecular formula is C9H14N2O. The van der Waals surface area contributed by atoms with Crippen LogP contribution in [0.15, 0.2) is 18.2 Å². The monoisotopic (exact) mass is 166 g/mol. The second-order valence-electron chi connectivity index (χ2n) is 2.97. The zero-order chi connectivity index (χ0) is 9.14. The maximum absolute atomic E-state index is 9.20. The molecule has 0 radical (unpaired) electrons. The Kier molecular flexibility index (Phi) is 2.78. The highest BCUT2D eigenvalue weighted by atomic mass is 16.3. The zero-order valence-electron chi connectivity index (χ0n) is 7.36. The second kappa shape index (κ2) is 3.65. The van der Waals surface area contributed by atoms with Gasteiger partial charge in [-0.2, -0.15) is 0 Å². The minimum absolute atomic E-state index is 0.384. The molecule has 0 aliphatic carbocycles. The van der Waals surface area contributed by atoms with E-state index >= 15 is 0 Å². The predicted molar refractivity (Wildman–Crippen MR) is 47.6 cm³/mol. The Bertz CT molecular complexity index is 260. The first-order chi connectivity index (χ1) is 5.61. The number of aryl methyl sites for hydroxylation is 1. The molecule has 2 atom stereocenters. The third-order valence-electron chi connectivity index (χ3n) is 1.77. The summed E-state index contributed by atoms with van der Waals surface area (Å²) in [6, 6.07) is 5.23. The maximum Gasteiger partial charge on any atom is 0.0731 e. The van der Waals surface area contributed by atoms with E-state index in [9.17, 15) is 5.11 Å². The van der Waals surface area contributed by atoms with Crippen molar-refractivity contribution in [3.05, 3.63) is 29.6 Å². The third-order valence-corrected chi connectivity index (χ3v) is 1.77. The predicted octanol–water partition coefficient (Wildman–Crippen LogP) is 0.771. The first-order valence-corrected chi connectivity index (χ1v) is 3.98. The van der Waals surface area contributed by atoms with Crippen molar-refractivity contribution in [1.82, 2.24) is 4.98 Å². The Morgan fingerprint density at radius 3 is 2.67 bits per heavy atom. The van der Waals surface area contributed by atoms with Crippen LogP contribution in [-0.4, -0.2) is 16.2 Å². The molecule has 1 aromatic rings. The highest BCUT2D eigenvalue weighted by molar-refractivity contribution is 5.13. The number of aliphatic hydroxyl groups is 1. The van der Waals surface area contributed by atoms with Crippen LogP contribution < -0.4 is 5.73 Å². The number of hydrogen-bond donors (Lipinski definition) is 2. The lowest BCUT2D eigenvalue weighted by atomic mass is 10.1. The number of aromatic nitrogens is 1. The van der Waals surface area contributed by atoms with E-state index in [0.29, 0.717) is 0 Å². The minimum atomic E-state index is -0.556. The van der Waals surface area contributed by atoms with Crippen LogP contribution in [-0.2, 0) is 0 Å². The fraction of sp³-hybridized carbons (Fsp3) is 0.444. The van der Waals surface area contributed by atoms with Crippen LogP contribution in [0.25, 0.3) is 0 Å². The van der Waals surface area contributed by atoms with E-state index in [1.807, 2.05) is 25.1 Å². The molecule has 0 spiro atoms. The van der Waals surface area contributed by atoms with E-state index in [1.54, 1.807) is 6.92 Å². The van der Waals surface area contributed by atoms with E-state index in [2.05, 4.69) is 4.98 Å². The largest absolute Gasteiger partial charge is 0.391 e. The molecule has 0 amide bonds. The van der Waals surface area contributed by atoms with Crippen LogP contribution in [0.5, 0.6) is 0 Å². The van der Waals surface area contributed by atoms with Crippen LogP contribution in [0.2, 0.25) is 0 Å². The van der Waals surface area contributed by atoms with Gasteiger partial charge < -0.3 is 10.8 Å². The molecular weight excluding hydrogens is 152 g/mol. The molecule has 0 aliphatic heterocycles. The van der Waals surface area contributed by atoms with Crippen molar-refractivity contribution in [2.75, 3.05) is 0 Å². The molecule has 1 rings (SSSR count). The van der Waals surface area contributed by atoms with Crippen molar-refractivity contribution in [3.8, 4) is 0 Å². The van der Waals surface area contributed by atoms with E-state index in [0.717, 1.165) is 11.4 Å². The third kappa shape index (κ3) is 2.03. The van der Waals surface area contributed by atoms with Gasteiger partial charge in [0.05, 0.1) is 17.8 Å². The van der Waals surface area contributed by atoms with Gasteiger partial charge in [-0.1, -0.05) is 6.07 Å². The molecule has 0 saturated heterocycles. The highest BCUT2D eigenvalue weighted by Gasteiger charge is 2.12. The van der Waals surface area contributed by atoms with Gasteiger partial charge in [0, 0.05) is 5.69 Å². The average Bonchev–Trinajstić information content (AvgIpc) is 2.03. The molecule has 1 aromatic heterocycles. The molecule has 0 bridgehead atoms. The van der Waals surface area contributed by atoms with Crippen molar-refractivity contribution < 1.29 is 5.11 Å². The molecule has 1 heterocycles. The summed E-state index contributed by atoms with van der Waals surface area (Å²) in [5, 5.41) is 9.20. The van der Waals surface area contributed by atoms with E-state index in [1.165, 1.54) is 0 Å². The SMILES string of the molecule is Cc1cccc([C@@H](N)[C@H](C)O)n1. The fourth-order valence-corrected chi connectivity index (χ4v) is 0.997. The van der Waals surface area contributed by atoms with Crippen molar-refractivity contribution in [1.29, 1.82) is 0 Å². The van der Waals surface area contributed by atoms with Gasteiger partial charge in [0.2, 0.25) is 0 Å². The first-order valence-electron chi connectivity index (χ1n) is 3.98. The molecule has 3 heteroatoms. The van der Waals surface area contributed by atoms with Gasteiger partial charge in [0.1, 0.15) is 0 Å². The zero-order valence-corrected chi connectivity index (χ0v) is 7.36. The number of pyridine rings is 1. The number of rotatable bonds is 2. The normalized spacial score (nSPS) is 15.7. The summed E-state index contributed by atoms with van der Waals surface area (Å²) in [7, 11) is 0. The molecule has 0 unspecified atom stereocenters. The van der Waals surface area contributed by atoms with Gasteiger partial charge in [0.15, 0.2) is 0 Å². The Hall–Kier alpha value is -0.930. The van der Waals surface area contributed by atoms with E-state index < -0.39 is 6.10 Å². The van der Waals surface area contributed by atoms with Gasteiger partial charge in [-0.15, -0.1) is 0 Å².